The first-order valence-electron chi connectivity index (χ1n) is 12.2. The summed E-state index contributed by atoms with van der Waals surface area (Å²) in [5.41, 5.74) is 9.28. The van der Waals surface area contributed by atoms with E-state index in [1.54, 1.807) is 6.21 Å². The van der Waals surface area contributed by atoms with Gasteiger partial charge in [0.2, 0.25) is 0 Å². The molecular formula is C29H34N4O2. The van der Waals surface area contributed by atoms with E-state index < -0.39 is 5.91 Å². The van der Waals surface area contributed by atoms with Crippen LogP contribution in [0, 0.1) is 5.92 Å². The molecule has 0 radical (unpaired) electrons. The first-order valence-corrected chi connectivity index (χ1v) is 12.2. The summed E-state index contributed by atoms with van der Waals surface area (Å²) in [4.78, 5) is 21.9. The summed E-state index contributed by atoms with van der Waals surface area (Å²) in [5, 5.41) is 0. The molecule has 0 saturated carbocycles. The van der Waals surface area contributed by atoms with E-state index >= 15 is 0 Å². The van der Waals surface area contributed by atoms with Gasteiger partial charge in [-0.25, -0.2) is 4.99 Å². The van der Waals surface area contributed by atoms with Crippen molar-refractivity contribution in [3.05, 3.63) is 89.4 Å². The molecule has 0 atom stereocenters. The van der Waals surface area contributed by atoms with Crippen LogP contribution in [-0.4, -0.2) is 49.1 Å². The third-order valence-corrected chi connectivity index (χ3v) is 6.58. The molecule has 0 unspecified atom stereocenters. The second kappa shape index (κ2) is 11.2. The van der Waals surface area contributed by atoms with Crippen LogP contribution in [-0.2, 0) is 4.79 Å². The van der Waals surface area contributed by atoms with Gasteiger partial charge < -0.3 is 20.3 Å². The molecule has 0 spiro atoms. The molecule has 4 rings (SSSR count). The first-order chi connectivity index (χ1) is 17.0. The number of carbonyl (C=O) groups excluding carboxylic acids is 1. The number of rotatable bonds is 7. The number of primary amides is 1. The Morgan fingerprint density at radius 2 is 1.71 bits per heavy atom. The maximum atomic E-state index is 12.8. The molecule has 1 amide bonds. The number of hydrogen-bond donors (Lipinski definition) is 1. The quantitative estimate of drug-likeness (QED) is 0.564. The average molecular weight is 471 g/mol. The molecule has 1 saturated heterocycles. The Morgan fingerprint density at radius 1 is 1.06 bits per heavy atom. The number of para-hydroxylation sites is 1. The Labute approximate surface area is 208 Å². The summed E-state index contributed by atoms with van der Waals surface area (Å²) in [5.74, 6) is 2.04. The number of likely N-dealkylation sites (tertiary alicyclic amines) is 1. The zero-order valence-corrected chi connectivity index (χ0v) is 20.8. The molecule has 0 aliphatic carbocycles. The van der Waals surface area contributed by atoms with E-state index in [2.05, 4.69) is 23.0 Å². The number of nitrogens with zero attached hydrogens (tertiary/aromatic N) is 3. The van der Waals surface area contributed by atoms with Gasteiger partial charge in [-0.1, -0.05) is 43.3 Å². The minimum Gasteiger partial charge on any atom is -0.457 e. The number of ether oxygens (including phenoxy) is 1. The summed E-state index contributed by atoms with van der Waals surface area (Å²) in [6.45, 7) is 4.17. The Bertz CT molecular complexity index is 1150. The lowest BCUT2D eigenvalue weighted by Crippen LogP contribution is -2.35. The number of nitrogens with two attached hydrogens (primary N) is 1. The lowest BCUT2D eigenvalue weighted by Gasteiger charge is -2.36. The summed E-state index contributed by atoms with van der Waals surface area (Å²) in [6.07, 6.45) is 8.83. The molecule has 2 heterocycles. The number of benzene rings is 2. The lowest BCUT2D eigenvalue weighted by atomic mass is 9.91. The van der Waals surface area contributed by atoms with Crippen molar-refractivity contribution in [2.75, 3.05) is 27.2 Å². The zero-order valence-electron chi connectivity index (χ0n) is 20.8. The number of amides is 1. The van der Waals surface area contributed by atoms with Crippen molar-refractivity contribution in [3.8, 4) is 11.5 Å². The van der Waals surface area contributed by atoms with Crippen LogP contribution in [0.3, 0.4) is 0 Å². The molecule has 35 heavy (non-hydrogen) atoms. The third kappa shape index (κ3) is 5.72. The van der Waals surface area contributed by atoms with E-state index in [0.717, 1.165) is 55.0 Å². The van der Waals surface area contributed by atoms with E-state index in [1.807, 2.05) is 79.5 Å². The predicted molar refractivity (Wildman–Crippen MR) is 142 cm³/mol. The topological polar surface area (TPSA) is 71.2 Å². The lowest BCUT2D eigenvalue weighted by molar-refractivity contribution is -0.114. The fourth-order valence-electron chi connectivity index (χ4n) is 4.71. The van der Waals surface area contributed by atoms with Crippen molar-refractivity contribution < 1.29 is 9.53 Å². The van der Waals surface area contributed by atoms with Crippen LogP contribution >= 0.6 is 0 Å². The maximum absolute atomic E-state index is 12.8. The number of piperidine rings is 1. The van der Waals surface area contributed by atoms with Crippen molar-refractivity contribution in [3.63, 3.8) is 0 Å². The molecule has 2 aromatic carbocycles. The molecule has 2 aliphatic rings. The predicted octanol–water partition coefficient (Wildman–Crippen LogP) is 5.21. The average Bonchev–Trinajstić information content (AvgIpc) is 2.86. The summed E-state index contributed by atoms with van der Waals surface area (Å²) < 4.78 is 5.94. The Morgan fingerprint density at radius 3 is 2.34 bits per heavy atom. The van der Waals surface area contributed by atoms with Gasteiger partial charge in [-0.2, -0.15) is 0 Å². The number of aliphatic imine (C=N–C) groups is 1. The highest BCUT2D eigenvalue weighted by molar-refractivity contribution is 6.09. The molecule has 1 fully saturated rings. The van der Waals surface area contributed by atoms with Crippen molar-refractivity contribution >= 4 is 17.7 Å². The van der Waals surface area contributed by atoms with E-state index in [1.165, 1.54) is 5.70 Å². The van der Waals surface area contributed by atoms with Crippen molar-refractivity contribution in [1.82, 2.24) is 9.80 Å². The minimum absolute atomic E-state index is 0.431. The van der Waals surface area contributed by atoms with E-state index in [9.17, 15) is 4.79 Å². The SMILES string of the molecule is CC/C=C(/C(C(N)=O)=C1/N=CC=C(C2CCN(C)CC2)N1C)c1ccc(Oc2ccccc2)cc1. The van der Waals surface area contributed by atoms with Gasteiger partial charge >= 0.3 is 0 Å². The molecule has 2 aliphatic heterocycles. The zero-order chi connectivity index (χ0) is 24.8. The Balaban J connectivity index is 1.65. The number of allylic oxidation sites excluding steroid dienone is 3. The molecule has 6 nitrogen and oxygen atoms in total. The monoisotopic (exact) mass is 470 g/mol. The number of hydrogen-bond acceptors (Lipinski definition) is 5. The van der Waals surface area contributed by atoms with E-state index in [-0.39, 0.29) is 0 Å². The highest BCUT2D eigenvalue weighted by atomic mass is 16.5. The van der Waals surface area contributed by atoms with E-state index in [0.29, 0.717) is 17.3 Å². The van der Waals surface area contributed by atoms with Crippen LogP contribution < -0.4 is 10.5 Å². The Hall–Kier alpha value is -3.64. The molecule has 182 valence electrons. The molecule has 0 bridgehead atoms. The molecule has 0 aromatic heterocycles. The van der Waals surface area contributed by atoms with Gasteiger partial charge in [-0.3, -0.25) is 4.79 Å². The first kappa shape index (κ1) is 24.5. The van der Waals surface area contributed by atoms with Crippen LogP contribution in [0.15, 0.2) is 88.8 Å². The fourth-order valence-corrected chi connectivity index (χ4v) is 4.71. The Kier molecular flexibility index (Phi) is 7.83. The van der Waals surface area contributed by atoms with Crippen molar-refractivity contribution in [1.29, 1.82) is 0 Å². The van der Waals surface area contributed by atoms with Crippen LogP contribution in [0.1, 0.15) is 31.7 Å². The van der Waals surface area contributed by atoms with Crippen molar-refractivity contribution in [2.45, 2.75) is 26.2 Å². The van der Waals surface area contributed by atoms with Crippen LogP contribution in [0.2, 0.25) is 0 Å². The maximum Gasteiger partial charge on any atom is 0.253 e. The van der Waals surface area contributed by atoms with Gasteiger partial charge in [0.05, 0.1) is 5.57 Å². The fraction of sp³-hybridized carbons (Fsp3) is 0.310. The van der Waals surface area contributed by atoms with E-state index in [4.69, 9.17) is 10.5 Å². The van der Waals surface area contributed by atoms with Gasteiger partial charge in [0, 0.05) is 24.9 Å². The van der Waals surface area contributed by atoms with Crippen LogP contribution in [0.4, 0.5) is 0 Å². The third-order valence-electron chi connectivity index (χ3n) is 6.58. The van der Waals surface area contributed by atoms with Crippen molar-refractivity contribution in [2.24, 2.45) is 16.6 Å². The van der Waals surface area contributed by atoms with Crippen LogP contribution in [0.25, 0.3) is 5.57 Å². The molecular weight excluding hydrogens is 436 g/mol. The summed E-state index contributed by atoms with van der Waals surface area (Å²) in [6, 6.07) is 17.4. The molecule has 6 heteroatoms. The van der Waals surface area contributed by atoms with Gasteiger partial charge in [0.15, 0.2) is 0 Å². The standard InChI is InChI=1S/C29H34N4O2/c1-4-8-25(21-11-13-24(14-12-21)35-23-9-6-5-7-10-23)27(28(30)34)29-31-18-15-26(33(29)3)22-16-19-32(2)20-17-22/h5-15,18,22H,4,16-17,19-20H2,1-3H3,(H2,30,34)/b25-8+,29-27+. The largest absolute Gasteiger partial charge is 0.457 e. The van der Waals surface area contributed by atoms with Gasteiger partial charge in [0.25, 0.3) is 5.91 Å². The van der Waals surface area contributed by atoms with Gasteiger partial charge in [0.1, 0.15) is 17.3 Å². The highest BCUT2D eigenvalue weighted by Crippen LogP contribution is 2.35. The molecule has 2 N–H and O–H groups in total. The van der Waals surface area contributed by atoms with Gasteiger partial charge in [-0.05, 0) is 80.9 Å². The summed E-state index contributed by atoms with van der Waals surface area (Å²) in [7, 11) is 4.14. The summed E-state index contributed by atoms with van der Waals surface area (Å²) >= 11 is 0. The van der Waals surface area contributed by atoms with Gasteiger partial charge in [-0.15, -0.1) is 0 Å². The van der Waals surface area contributed by atoms with Crippen LogP contribution in [0.5, 0.6) is 11.5 Å². The minimum atomic E-state index is -0.488. The second-order valence-corrected chi connectivity index (χ2v) is 9.03. The normalized spacial score (nSPS) is 18.9. The molecule has 2 aromatic rings. The number of carbonyl (C=O) groups is 1. The highest BCUT2D eigenvalue weighted by Gasteiger charge is 2.29. The smallest absolute Gasteiger partial charge is 0.253 e. The second-order valence-electron chi connectivity index (χ2n) is 9.03.